The van der Waals surface area contributed by atoms with Gasteiger partial charge < -0.3 is 9.52 Å². The lowest BCUT2D eigenvalue weighted by Gasteiger charge is -1.96. The van der Waals surface area contributed by atoms with Crippen LogP contribution in [0.1, 0.15) is 12.5 Å². The monoisotopic (exact) mass is 196 g/mol. The van der Waals surface area contributed by atoms with E-state index in [1.807, 2.05) is 6.92 Å². The summed E-state index contributed by atoms with van der Waals surface area (Å²) in [5, 5.41) is 10.6. The number of hydrogen-bond acceptors (Lipinski definition) is 2. The molecule has 2 nitrogen and oxygen atoms in total. The van der Waals surface area contributed by atoms with E-state index in [4.69, 9.17) is 16.0 Å². The normalized spacial score (nSPS) is 10.9. The molecule has 0 aliphatic heterocycles. The summed E-state index contributed by atoms with van der Waals surface area (Å²) in [6, 6.07) is 3.27. The number of phenolic OH excluding ortho intramolecular Hbond substituents is 1. The molecule has 0 spiro atoms. The second-order valence-electron chi connectivity index (χ2n) is 2.91. The molecular formula is C10H9ClO2. The molecular weight excluding hydrogens is 188 g/mol. The second-order valence-corrected chi connectivity index (χ2v) is 3.32. The van der Waals surface area contributed by atoms with Gasteiger partial charge in [-0.2, -0.15) is 0 Å². The molecule has 2 aromatic rings. The lowest BCUT2D eigenvalue weighted by atomic mass is 10.1. The fourth-order valence-electron chi connectivity index (χ4n) is 1.36. The van der Waals surface area contributed by atoms with Gasteiger partial charge in [0.05, 0.1) is 11.3 Å². The fraction of sp³-hybridized carbons (Fsp3) is 0.200. The van der Waals surface area contributed by atoms with Crippen LogP contribution in [0.3, 0.4) is 0 Å². The lowest BCUT2D eigenvalue weighted by Crippen LogP contribution is -1.75. The molecule has 0 aliphatic rings. The van der Waals surface area contributed by atoms with Crippen LogP contribution < -0.4 is 0 Å². The number of aryl methyl sites for hydroxylation is 1. The summed E-state index contributed by atoms with van der Waals surface area (Å²) in [6.45, 7) is 2.04. The fourth-order valence-corrected chi connectivity index (χ4v) is 1.52. The molecule has 0 atom stereocenters. The van der Waals surface area contributed by atoms with Gasteiger partial charge in [0.25, 0.3) is 0 Å². The van der Waals surface area contributed by atoms with Crippen LogP contribution in [0.15, 0.2) is 22.8 Å². The van der Waals surface area contributed by atoms with Crippen LogP contribution in [0.25, 0.3) is 11.0 Å². The number of aromatic hydroxyl groups is 1. The molecule has 1 aromatic carbocycles. The number of benzene rings is 1. The molecule has 0 amide bonds. The summed E-state index contributed by atoms with van der Waals surface area (Å²) >= 11 is 5.73. The molecule has 0 bridgehead atoms. The molecule has 13 heavy (non-hydrogen) atoms. The zero-order valence-corrected chi connectivity index (χ0v) is 7.93. The molecule has 1 N–H and O–H groups in total. The molecule has 0 radical (unpaired) electrons. The van der Waals surface area contributed by atoms with Gasteiger partial charge in [-0.3, -0.25) is 0 Å². The van der Waals surface area contributed by atoms with Crippen LogP contribution >= 0.6 is 11.6 Å². The van der Waals surface area contributed by atoms with Crippen molar-refractivity contribution in [3.05, 3.63) is 29.0 Å². The van der Waals surface area contributed by atoms with Crippen LogP contribution in [-0.4, -0.2) is 5.11 Å². The van der Waals surface area contributed by atoms with Crippen molar-refractivity contribution in [1.29, 1.82) is 0 Å². The summed E-state index contributed by atoms with van der Waals surface area (Å²) in [4.78, 5) is 0. The SMILES string of the molecule is CCc1coc2cc(Cl)c(O)cc12. The minimum atomic E-state index is 0.102. The molecule has 3 heteroatoms. The van der Waals surface area contributed by atoms with Gasteiger partial charge in [-0.1, -0.05) is 18.5 Å². The minimum Gasteiger partial charge on any atom is -0.506 e. The van der Waals surface area contributed by atoms with Crippen LogP contribution in [0.2, 0.25) is 5.02 Å². The third-order valence-electron chi connectivity index (χ3n) is 2.10. The lowest BCUT2D eigenvalue weighted by molar-refractivity contribution is 0.476. The van der Waals surface area contributed by atoms with Crippen LogP contribution in [0.5, 0.6) is 5.75 Å². The Morgan fingerprint density at radius 2 is 2.23 bits per heavy atom. The summed E-state index contributed by atoms with van der Waals surface area (Å²) in [5.41, 5.74) is 1.81. The van der Waals surface area contributed by atoms with E-state index in [9.17, 15) is 5.11 Å². The molecule has 68 valence electrons. The quantitative estimate of drug-likeness (QED) is 0.759. The van der Waals surface area contributed by atoms with Crippen molar-refractivity contribution in [2.24, 2.45) is 0 Å². The standard InChI is InChI=1S/C10H9ClO2/c1-2-6-5-13-10-4-8(11)9(12)3-7(6)10/h3-5,12H,2H2,1H3. The van der Waals surface area contributed by atoms with Crippen molar-refractivity contribution in [2.45, 2.75) is 13.3 Å². The summed E-state index contributed by atoms with van der Waals surface area (Å²) in [5.74, 6) is 0.102. The van der Waals surface area contributed by atoms with Crippen LogP contribution in [0.4, 0.5) is 0 Å². The Morgan fingerprint density at radius 3 is 2.92 bits per heavy atom. The van der Waals surface area contributed by atoms with Gasteiger partial charge >= 0.3 is 0 Å². The second kappa shape index (κ2) is 2.96. The smallest absolute Gasteiger partial charge is 0.135 e. The Labute approximate surface area is 80.7 Å². The predicted molar refractivity (Wildman–Crippen MR) is 52.3 cm³/mol. The zero-order valence-electron chi connectivity index (χ0n) is 7.17. The van der Waals surface area contributed by atoms with Crippen molar-refractivity contribution in [1.82, 2.24) is 0 Å². The maximum absolute atomic E-state index is 9.38. The highest BCUT2D eigenvalue weighted by molar-refractivity contribution is 6.32. The van der Waals surface area contributed by atoms with E-state index < -0.39 is 0 Å². The van der Waals surface area contributed by atoms with Gasteiger partial charge in [0.15, 0.2) is 0 Å². The Hall–Kier alpha value is -1.15. The first kappa shape index (κ1) is 8.45. The maximum atomic E-state index is 9.38. The first-order valence-electron chi connectivity index (χ1n) is 4.11. The van der Waals surface area contributed by atoms with E-state index in [1.165, 1.54) is 0 Å². The topological polar surface area (TPSA) is 33.4 Å². The molecule has 0 fully saturated rings. The first-order valence-corrected chi connectivity index (χ1v) is 4.48. The number of halogens is 1. The third kappa shape index (κ3) is 1.27. The molecule has 2 rings (SSSR count). The average molecular weight is 197 g/mol. The van der Waals surface area contributed by atoms with E-state index in [-0.39, 0.29) is 5.75 Å². The Kier molecular flexibility index (Phi) is 1.93. The summed E-state index contributed by atoms with van der Waals surface area (Å²) in [6.07, 6.45) is 2.58. The number of rotatable bonds is 1. The Balaban J connectivity index is 2.77. The molecule has 0 saturated heterocycles. The van der Waals surface area contributed by atoms with Gasteiger partial charge in [0.2, 0.25) is 0 Å². The van der Waals surface area contributed by atoms with Crippen molar-refractivity contribution in [3.8, 4) is 5.75 Å². The number of hydrogen-bond donors (Lipinski definition) is 1. The van der Waals surface area contributed by atoms with Crippen molar-refractivity contribution < 1.29 is 9.52 Å². The predicted octanol–water partition coefficient (Wildman–Crippen LogP) is 3.35. The van der Waals surface area contributed by atoms with Crippen molar-refractivity contribution in [3.63, 3.8) is 0 Å². The van der Waals surface area contributed by atoms with E-state index in [1.54, 1.807) is 18.4 Å². The number of fused-ring (bicyclic) bond motifs is 1. The number of furan rings is 1. The van der Waals surface area contributed by atoms with Gasteiger partial charge in [0.1, 0.15) is 11.3 Å². The van der Waals surface area contributed by atoms with Crippen molar-refractivity contribution >= 4 is 22.6 Å². The summed E-state index contributed by atoms with van der Waals surface area (Å²) < 4.78 is 5.28. The number of phenols is 1. The highest BCUT2D eigenvalue weighted by atomic mass is 35.5. The molecule has 0 aliphatic carbocycles. The molecule has 0 unspecified atom stereocenters. The zero-order chi connectivity index (χ0) is 9.42. The highest BCUT2D eigenvalue weighted by Crippen LogP contribution is 2.31. The van der Waals surface area contributed by atoms with Gasteiger partial charge in [-0.15, -0.1) is 0 Å². The van der Waals surface area contributed by atoms with Gasteiger partial charge in [-0.25, -0.2) is 0 Å². The first-order chi connectivity index (χ1) is 6.22. The third-order valence-corrected chi connectivity index (χ3v) is 2.41. The largest absolute Gasteiger partial charge is 0.506 e. The Morgan fingerprint density at radius 1 is 1.46 bits per heavy atom. The molecule has 1 heterocycles. The van der Waals surface area contributed by atoms with E-state index in [0.29, 0.717) is 5.02 Å². The van der Waals surface area contributed by atoms with E-state index >= 15 is 0 Å². The molecule has 1 aromatic heterocycles. The summed E-state index contributed by atoms with van der Waals surface area (Å²) in [7, 11) is 0. The minimum absolute atomic E-state index is 0.102. The van der Waals surface area contributed by atoms with E-state index in [0.717, 1.165) is 23.0 Å². The van der Waals surface area contributed by atoms with E-state index in [2.05, 4.69) is 0 Å². The highest BCUT2D eigenvalue weighted by Gasteiger charge is 2.07. The van der Waals surface area contributed by atoms with Crippen LogP contribution in [-0.2, 0) is 6.42 Å². The average Bonchev–Trinajstić information content (AvgIpc) is 2.48. The Bertz CT molecular complexity index is 445. The van der Waals surface area contributed by atoms with Crippen LogP contribution in [0, 0.1) is 0 Å². The van der Waals surface area contributed by atoms with Crippen molar-refractivity contribution in [2.75, 3.05) is 0 Å². The van der Waals surface area contributed by atoms with Gasteiger partial charge in [-0.05, 0) is 18.1 Å². The maximum Gasteiger partial charge on any atom is 0.135 e. The molecule has 0 saturated carbocycles. The van der Waals surface area contributed by atoms with Gasteiger partial charge in [0, 0.05) is 11.5 Å².